The van der Waals surface area contributed by atoms with E-state index in [2.05, 4.69) is 37.7 Å². The maximum absolute atomic E-state index is 2.29. The van der Waals surface area contributed by atoms with Crippen LogP contribution in [0.5, 0.6) is 0 Å². The summed E-state index contributed by atoms with van der Waals surface area (Å²) in [6.45, 7) is 12.5. The topological polar surface area (TPSA) is 0 Å². The molecular formula is C18H30S. The highest BCUT2D eigenvalue weighted by Gasteiger charge is 2.41. The molecule has 0 unspecified atom stereocenters. The monoisotopic (exact) mass is 278 g/mol. The lowest BCUT2D eigenvalue weighted by Crippen LogP contribution is -2.18. The average Bonchev–Trinajstić information content (AvgIpc) is 3.08. The molecule has 0 saturated heterocycles. The van der Waals surface area contributed by atoms with E-state index >= 15 is 0 Å². The largest absolute Gasteiger partial charge is 0.118 e. The van der Waals surface area contributed by atoms with E-state index in [0.717, 1.165) is 0 Å². The van der Waals surface area contributed by atoms with E-state index in [1.165, 1.54) is 43.2 Å². The second-order valence-electron chi connectivity index (χ2n) is 5.18. The normalized spacial score (nSPS) is 18.2. The van der Waals surface area contributed by atoms with Gasteiger partial charge in [0, 0.05) is 9.64 Å². The number of rotatable bonds is 0. The molecule has 1 aliphatic carbocycles. The summed E-state index contributed by atoms with van der Waals surface area (Å²) in [5.74, 6) is 0. The summed E-state index contributed by atoms with van der Waals surface area (Å²) in [4.78, 5) is 1.61. The standard InChI is InChI=1S/C14H18S.2C2H6/c1-10-5-6-11(2)13-12(10)9-14(15-13)7-3-4-8-14;2*1-2/h5-6H,3-4,7-9H2,1-2H3;2*1-2H3. The molecule has 1 fully saturated rings. The summed E-state index contributed by atoms with van der Waals surface area (Å²) < 4.78 is 0.596. The number of fused-ring (bicyclic) bond motifs is 1. The molecule has 108 valence electrons. The summed E-state index contributed by atoms with van der Waals surface area (Å²) in [5.41, 5.74) is 4.65. The second-order valence-corrected chi connectivity index (χ2v) is 6.65. The third-order valence-electron chi connectivity index (χ3n) is 4.02. The molecule has 1 aliphatic heterocycles. The number of benzene rings is 1. The summed E-state index contributed by atoms with van der Waals surface area (Å²) in [6, 6.07) is 4.58. The fourth-order valence-corrected chi connectivity index (χ4v) is 4.81. The van der Waals surface area contributed by atoms with Gasteiger partial charge in [-0.3, -0.25) is 0 Å². The molecule has 1 heteroatoms. The van der Waals surface area contributed by atoms with Crippen molar-refractivity contribution in [3.8, 4) is 0 Å². The average molecular weight is 279 g/mol. The van der Waals surface area contributed by atoms with Gasteiger partial charge < -0.3 is 0 Å². The van der Waals surface area contributed by atoms with Crippen LogP contribution in [0.15, 0.2) is 17.0 Å². The van der Waals surface area contributed by atoms with Gasteiger partial charge in [0.2, 0.25) is 0 Å². The Kier molecular flexibility index (Phi) is 6.46. The molecule has 1 aromatic carbocycles. The third kappa shape index (κ3) is 3.37. The molecule has 0 nitrogen and oxygen atoms in total. The van der Waals surface area contributed by atoms with Gasteiger partial charge >= 0.3 is 0 Å². The van der Waals surface area contributed by atoms with Crippen molar-refractivity contribution < 1.29 is 0 Å². The van der Waals surface area contributed by atoms with E-state index in [1.54, 1.807) is 10.5 Å². The van der Waals surface area contributed by atoms with Crippen molar-refractivity contribution in [2.75, 3.05) is 0 Å². The molecule has 0 radical (unpaired) electrons. The SMILES string of the molecule is CC.CC.Cc1ccc(C)c2c1CC1(CCCC1)S2. The van der Waals surface area contributed by atoms with Gasteiger partial charge in [0.1, 0.15) is 0 Å². The zero-order valence-corrected chi connectivity index (χ0v) is 14.4. The summed E-state index contributed by atoms with van der Waals surface area (Å²) in [7, 11) is 0. The highest BCUT2D eigenvalue weighted by atomic mass is 32.2. The van der Waals surface area contributed by atoms with Crippen molar-refractivity contribution in [2.24, 2.45) is 0 Å². The molecule has 19 heavy (non-hydrogen) atoms. The predicted octanol–water partition coefficient (Wildman–Crippen LogP) is 6.32. The van der Waals surface area contributed by atoms with Gasteiger partial charge in [-0.05, 0) is 49.8 Å². The van der Waals surface area contributed by atoms with Crippen LogP contribution in [0, 0.1) is 13.8 Å². The minimum atomic E-state index is 0.596. The van der Waals surface area contributed by atoms with Gasteiger partial charge in [-0.2, -0.15) is 0 Å². The van der Waals surface area contributed by atoms with Gasteiger partial charge in [0.15, 0.2) is 0 Å². The highest BCUT2D eigenvalue weighted by Crippen LogP contribution is 2.55. The van der Waals surface area contributed by atoms with Crippen molar-refractivity contribution in [1.82, 2.24) is 0 Å². The first-order chi connectivity index (χ1) is 9.20. The van der Waals surface area contributed by atoms with Crippen LogP contribution in [-0.4, -0.2) is 4.75 Å². The summed E-state index contributed by atoms with van der Waals surface area (Å²) in [5, 5.41) is 0. The molecule has 1 spiro atoms. The van der Waals surface area contributed by atoms with Gasteiger partial charge in [-0.25, -0.2) is 0 Å². The molecule has 1 aromatic rings. The lowest BCUT2D eigenvalue weighted by molar-refractivity contribution is 0.615. The van der Waals surface area contributed by atoms with Crippen LogP contribution >= 0.6 is 11.8 Å². The first-order valence-corrected chi connectivity index (χ1v) is 8.80. The molecule has 3 rings (SSSR count). The van der Waals surface area contributed by atoms with Crippen LogP contribution in [0.1, 0.15) is 70.1 Å². The second kappa shape index (κ2) is 7.38. The maximum Gasteiger partial charge on any atom is 0.0248 e. The van der Waals surface area contributed by atoms with E-state index in [9.17, 15) is 0 Å². The minimum Gasteiger partial charge on any atom is -0.118 e. The Bertz CT molecular complexity index is 367. The van der Waals surface area contributed by atoms with Gasteiger partial charge in [-0.1, -0.05) is 52.7 Å². The van der Waals surface area contributed by atoms with Crippen molar-refractivity contribution in [1.29, 1.82) is 0 Å². The zero-order chi connectivity index (χ0) is 14.5. The van der Waals surface area contributed by atoms with E-state index < -0.39 is 0 Å². The quantitative estimate of drug-likeness (QED) is 0.535. The lowest BCUT2D eigenvalue weighted by atomic mass is 9.94. The van der Waals surface area contributed by atoms with Crippen LogP contribution in [0.3, 0.4) is 0 Å². The van der Waals surface area contributed by atoms with Gasteiger partial charge in [0.05, 0.1) is 0 Å². The first kappa shape index (κ1) is 16.6. The molecule has 1 heterocycles. The van der Waals surface area contributed by atoms with E-state index in [4.69, 9.17) is 0 Å². The van der Waals surface area contributed by atoms with Crippen LogP contribution in [-0.2, 0) is 6.42 Å². The summed E-state index contributed by atoms with van der Waals surface area (Å²) >= 11 is 2.19. The van der Waals surface area contributed by atoms with Gasteiger partial charge in [-0.15, -0.1) is 11.8 Å². The Balaban J connectivity index is 0.000000415. The molecule has 0 amide bonds. The molecule has 0 aromatic heterocycles. The molecular weight excluding hydrogens is 248 g/mol. The molecule has 0 atom stereocenters. The highest BCUT2D eigenvalue weighted by molar-refractivity contribution is 8.01. The van der Waals surface area contributed by atoms with Gasteiger partial charge in [0.25, 0.3) is 0 Å². The van der Waals surface area contributed by atoms with Crippen LogP contribution in [0.2, 0.25) is 0 Å². The van der Waals surface area contributed by atoms with Crippen LogP contribution in [0.4, 0.5) is 0 Å². The van der Waals surface area contributed by atoms with Crippen LogP contribution in [0.25, 0.3) is 0 Å². The Morgan fingerprint density at radius 3 is 1.95 bits per heavy atom. The van der Waals surface area contributed by atoms with Crippen molar-refractivity contribution in [3.05, 3.63) is 28.8 Å². The fourth-order valence-electron chi connectivity index (χ4n) is 3.08. The van der Waals surface area contributed by atoms with E-state index in [-0.39, 0.29) is 0 Å². The molecule has 0 N–H and O–H groups in total. The zero-order valence-electron chi connectivity index (χ0n) is 13.6. The Hall–Kier alpha value is -0.430. The third-order valence-corrected chi connectivity index (χ3v) is 5.78. The Morgan fingerprint density at radius 1 is 0.895 bits per heavy atom. The molecule has 1 saturated carbocycles. The van der Waals surface area contributed by atoms with E-state index in [0.29, 0.717) is 4.75 Å². The predicted molar refractivity (Wildman–Crippen MR) is 89.4 cm³/mol. The molecule has 0 bridgehead atoms. The smallest absolute Gasteiger partial charge is 0.0248 e. The lowest BCUT2D eigenvalue weighted by Gasteiger charge is -2.20. The number of hydrogen-bond donors (Lipinski definition) is 0. The first-order valence-electron chi connectivity index (χ1n) is 7.98. The van der Waals surface area contributed by atoms with Crippen LogP contribution < -0.4 is 0 Å². The maximum atomic E-state index is 2.29. The summed E-state index contributed by atoms with van der Waals surface area (Å²) in [6.07, 6.45) is 7.09. The Labute approximate surface area is 124 Å². The minimum absolute atomic E-state index is 0.596. The molecule has 2 aliphatic rings. The Morgan fingerprint density at radius 2 is 1.42 bits per heavy atom. The number of aryl methyl sites for hydroxylation is 2. The fraction of sp³-hybridized carbons (Fsp3) is 0.667. The number of hydrogen-bond acceptors (Lipinski definition) is 1. The van der Waals surface area contributed by atoms with Crippen molar-refractivity contribution in [3.63, 3.8) is 0 Å². The van der Waals surface area contributed by atoms with Crippen molar-refractivity contribution >= 4 is 11.8 Å². The van der Waals surface area contributed by atoms with Crippen molar-refractivity contribution in [2.45, 2.75) is 83.3 Å². The number of thioether (sulfide) groups is 1. The van der Waals surface area contributed by atoms with E-state index in [1.807, 2.05) is 27.7 Å².